The summed E-state index contributed by atoms with van der Waals surface area (Å²) in [6.07, 6.45) is 3.88. The van der Waals surface area contributed by atoms with Crippen LogP contribution < -0.4 is 0 Å². The zero-order chi connectivity index (χ0) is 19.1. The maximum absolute atomic E-state index is 13.3. The van der Waals surface area contributed by atoms with E-state index in [-0.39, 0.29) is 16.6 Å². The van der Waals surface area contributed by atoms with Crippen LogP contribution in [0.3, 0.4) is 0 Å². The first-order valence-corrected chi connectivity index (χ1v) is 8.54. The molecule has 1 atom stereocenters. The summed E-state index contributed by atoms with van der Waals surface area (Å²) in [5.74, 6) is -0.0975. The first-order chi connectivity index (χ1) is 10.5. The second kappa shape index (κ2) is 6.27. The number of rotatable bonds is 3. The van der Waals surface area contributed by atoms with Crippen molar-refractivity contribution in [2.24, 2.45) is 10.8 Å². The summed E-state index contributed by atoms with van der Waals surface area (Å²) in [6.45, 7) is 24.0. The van der Waals surface area contributed by atoms with Crippen molar-refractivity contribution >= 4 is 5.78 Å². The van der Waals surface area contributed by atoms with E-state index in [0.717, 1.165) is 11.1 Å². The van der Waals surface area contributed by atoms with E-state index in [1.54, 1.807) is 0 Å². The van der Waals surface area contributed by atoms with Gasteiger partial charge < -0.3 is 0 Å². The van der Waals surface area contributed by atoms with Crippen molar-refractivity contribution < 1.29 is 14.6 Å². The Morgan fingerprint density at radius 1 is 1.00 bits per heavy atom. The lowest BCUT2D eigenvalue weighted by molar-refractivity contribution is -0.376. The van der Waals surface area contributed by atoms with E-state index in [4.69, 9.17) is 9.78 Å². The molecule has 24 heavy (non-hydrogen) atoms. The number of Topliss-reactive ketones (excluding diaryl/α,β-unsaturated/α-hetero) is 1. The molecule has 0 heterocycles. The van der Waals surface area contributed by atoms with Crippen molar-refractivity contribution in [2.75, 3.05) is 0 Å². The largest absolute Gasteiger partial charge is 0.290 e. The minimum absolute atomic E-state index is 0.0975. The van der Waals surface area contributed by atoms with Crippen LogP contribution in [0.5, 0.6) is 0 Å². The quantitative estimate of drug-likeness (QED) is 0.384. The molecule has 0 radical (unpaired) electrons. The number of carbonyl (C=O) groups is 1. The average Bonchev–Trinajstić information content (AvgIpc) is 2.33. The summed E-state index contributed by atoms with van der Waals surface area (Å²) < 4.78 is 0. The fourth-order valence-corrected chi connectivity index (χ4v) is 2.38. The molecule has 1 aliphatic carbocycles. The van der Waals surface area contributed by atoms with E-state index in [9.17, 15) is 4.79 Å². The van der Waals surface area contributed by atoms with E-state index >= 15 is 0 Å². The number of carbonyl (C=O) groups excluding carboxylic acids is 1. The molecule has 0 aliphatic heterocycles. The Hall–Kier alpha value is -1.19. The van der Waals surface area contributed by atoms with Crippen molar-refractivity contribution in [1.29, 1.82) is 0 Å². The van der Waals surface area contributed by atoms with E-state index in [1.165, 1.54) is 0 Å². The van der Waals surface area contributed by atoms with Crippen LogP contribution in [-0.2, 0) is 14.6 Å². The minimum atomic E-state index is -1.28. The van der Waals surface area contributed by atoms with Gasteiger partial charge in [-0.25, -0.2) is 9.78 Å². The Balaban J connectivity index is 3.57. The van der Waals surface area contributed by atoms with Gasteiger partial charge in [0, 0.05) is 5.57 Å². The van der Waals surface area contributed by atoms with E-state index in [1.807, 2.05) is 60.6 Å². The number of hydrogen-bond acceptors (Lipinski definition) is 3. The van der Waals surface area contributed by atoms with Crippen LogP contribution in [0, 0.1) is 10.8 Å². The molecule has 3 heteroatoms. The normalized spacial score (nSPS) is 23.0. The molecular formula is C21H34O3. The van der Waals surface area contributed by atoms with Crippen LogP contribution in [0.25, 0.3) is 0 Å². The molecular weight excluding hydrogens is 300 g/mol. The molecule has 0 fully saturated rings. The van der Waals surface area contributed by atoms with E-state index in [0.29, 0.717) is 5.57 Å². The van der Waals surface area contributed by atoms with Gasteiger partial charge >= 0.3 is 0 Å². The summed E-state index contributed by atoms with van der Waals surface area (Å²) in [5, 5.41) is 0. The number of hydrogen-bond donors (Lipinski definition) is 0. The highest BCUT2D eigenvalue weighted by Crippen LogP contribution is 2.43. The topological polar surface area (TPSA) is 35.5 Å². The highest BCUT2D eigenvalue weighted by Gasteiger charge is 2.48. The Morgan fingerprint density at radius 2 is 1.50 bits per heavy atom. The fourth-order valence-electron chi connectivity index (χ4n) is 2.38. The van der Waals surface area contributed by atoms with Gasteiger partial charge in [0.1, 0.15) is 0 Å². The minimum Gasteiger partial charge on any atom is -0.290 e. The average molecular weight is 335 g/mol. The van der Waals surface area contributed by atoms with Gasteiger partial charge in [-0.05, 0) is 55.7 Å². The van der Waals surface area contributed by atoms with Gasteiger partial charge in [-0.15, -0.1) is 0 Å². The Kier molecular flexibility index (Phi) is 5.45. The van der Waals surface area contributed by atoms with Crippen molar-refractivity contribution in [3.8, 4) is 0 Å². The number of ketones is 1. The van der Waals surface area contributed by atoms with Gasteiger partial charge in [0.05, 0.1) is 5.60 Å². The van der Waals surface area contributed by atoms with Crippen LogP contribution >= 0.6 is 0 Å². The molecule has 0 N–H and O–H groups in total. The summed E-state index contributed by atoms with van der Waals surface area (Å²) in [5.41, 5.74) is 0.169. The first-order valence-electron chi connectivity index (χ1n) is 8.54. The summed E-state index contributed by atoms with van der Waals surface area (Å²) in [7, 11) is 0. The first kappa shape index (κ1) is 20.9. The molecule has 0 saturated heterocycles. The van der Waals surface area contributed by atoms with Crippen LogP contribution in [-0.4, -0.2) is 17.0 Å². The monoisotopic (exact) mass is 334 g/mol. The molecule has 0 amide bonds. The zero-order valence-corrected chi connectivity index (χ0v) is 17.1. The molecule has 1 rings (SSSR count). The van der Waals surface area contributed by atoms with Crippen molar-refractivity contribution in [1.82, 2.24) is 0 Å². The van der Waals surface area contributed by atoms with Crippen LogP contribution in [0.1, 0.15) is 69.2 Å². The summed E-state index contributed by atoms with van der Waals surface area (Å²) in [4.78, 5) is 24.7. The smallest absolute Gasteiger partial charge is 0.205 e. The Morgan fingerprint density at radius 3 is 1.83 bits per heavy atom. The van der Waals surface area contributed by atoms with Crippen molar-refractivity contribution in [3.05, 3.63) is 35.5 Å². The highest BCUT2D eigenvalue weighted by atomic mass is 17.2. The second-order valence-corrected chi connectivity index (χ2v) is 9.78. The van der Waals surface area contributed by atoms with Gasteiger partial charge in [0.2, 0.25) is 11.4 Å². The highest BCUT2D eigenvalue weighted by molar-refractivity contribution is 6.08. The molecule has 0 bridgehead atoms. The molecule has 1 unspecified atom stereocenters. The van der Waals surface area contributed by atoms with Gasteiger partial charge in [-0.1, -0.05) is 54.2 Å². The maximum Gasteiger partial charge on any atom is 0.205 e. The Labute approximate surface area is 147 Å². The SMILES string of the molecule is C=C(C)C1(OOC(C)(C)C)C=C(C(C)(C)C)C=C(C(C)(C)C)C1=O. The lowest BCUT2D eigenvalue weighted by atomic mass is 9.68. The van der Waals surface area contributed by atoms with Crippen molar-refractivity contribution in [3.63, 3.8) is 0 Å². The van der Waals surface area contributed by atoms with Crippen LogP contribution in [0.4, 0.5) is 0 Å². The predicted octanol–water partition coefficient (Wildman–Crippen LogP) is 5.58. The molecule has 0 spiro atoms. The third kappa shape index (κ3) is 4.46. The molecule has 3 nitrogen and oxygen atoms in total. The second-order valence-electron chi connectivity index (χ2n) is 9.78. The summed E-state index contributed by atoms with van der Waals surface area (Å²) in [6, 6.07) is 0. The van der Waals surface area contributed by atoms with Gasteiger partial charge in [-0.3, -0.25) is 4.79 Å². The zero-order valence-electron chi connectivity index (χ0n) is 17.1. The predicted molar refractivity (Wildman–Crippen MR) is 99.6 cm³/mol. The fraction of sp³-hybridized carbons (Fsp3) is 0.667. The molecule has 136 valence electrons. The molecule has 0 aromatic rings. The third-order valence-corrected chi connectivity index (χ3v) is 3.97. The van der Waals surface area contributed by atoms with Crippen LogP contribution in [0.2, 0.25) is 0 Å². The third-order valence-electron chi connectivity index (χ3n) is 3.97. The van der Waals surface area contributed by atoms with Crippen molar-refractivity contribution in [2.45, 2.75) is 80.4 Å². The Bertz CT molecular complexity index is 586. The van der Waals surface area contributed by atoms with Gasteiger partial charge in [-0.2, -0.15) is 0 Å². The standard InChI is InChI=1S/C21H34O3/c1-14(2)21(24-23-20(9,10)11)13-15(18(3,4)5)12-16(17(21)22)19(6,7)8/h12-13H,1H2,2-11H3. The van der Waals surface area contributed by atoms with Gasteiger partial charge in [0.15, 0.2) is 0 Å². The molecule has 1 aliphatic rings. The molecule has 0 aromatic carbocycles. The number of allylic oxidation sites excluding steroid dienone is 2. The van der Waals surface area contributed by atoms with E-state index in [2.05, 4.69) is 27.4 Å². The molecule has 0 saturated carbocycles. The molecule has 0 aromatic heterocycles. The van der Waals surface area contributed by atoms with E-state index < -0.39 is 11.2 Å². The maximum atomic E-state index is 13.3. The lowest BCUT2D eigenvalue weighted by Gasteiger charge is -2.40. The van der Waals surface area contributed by atoms with Crippen LogP contribution in [0.15, 0.2) is 35.5 Å². The summed E-state index contributed by atoms with van der Waals surface area (Å²) >= 11 is 0. The van der Waals surface area contributed by atoms with Gasteiger partial charge in [0.25, 0.3) is 0 Å². The lowest BCUT2D eigenvalue weighted by Crippen LogP contribution is -2.48.